The molecule has 0 aromatic carbocycles. The minimum Gasteiger partial charge on any atom is -0.345 e. The molecule has 23 heavy (non-hydrogen) atoms. The molecular weight excluding hydrogens is 326 g/mol. The van der Waals surface area contributed by atoms with E-state index in [2.05, 4.69) is 16.9 Å². The van der Waals surface area contributed by atoms with Gasteiger partial charge in [-0.15, -0.1) is 11.3 Å². The van der Waals surface area contributed by atoms with Crippen molar-refractivity contribution in [2.75, 3.05) is 19.3 Å². The summed E-state index contributed by atoms with van der Waals surface area (Å²) in [6.45, 7) is 2.98. The number of unbranched alkanes of at least 4 members (excludes halogenated alkanes) is 1. The predicted molar refractivity (Wildman–Crippen MR) is 97.3 cm³/mol. The van der Waals surface area contributed by atoms with Crippen molar-refractivity contribution in [1.29, 1.82) is 0 Å². The fraction of sp³-hybridized carbons (Fsp3) is 0.588. The number of carbonyl (C=O) groups is 1. The Morgan fingerprint density at radius 1 is 1.35 bits per heavy atom. The molecule has 0 N–H and O–H groups in total. The van der Waals surface area contributed by atoms with Gasteiger partial charge in [0.25, 0.3) is 0 Å². The Morgan fingerprint density at radius 2 is 2.17 bits per heavy atom. The van der Waals surface area contributed by atoms with Gasteiger partial charge in [-0.2, -0.15) is 0 Å². The van der Waals surface area contributed by atoms with Crippen molar-refractivity contribution in [3.63, 3.8) is 0 Å². The smallest absolute Gasteiger partial charge is 0.232 e. The van der Waals surface area contributed by atoms with Crippen LogP contribution in [0.15, 0.2) is 11.4 Å². The number of carbonyl (C=O) groups excluding carboxylic acids is 1. The Kier molecular flexibility index (Phi) is 5.54. The molecule has 0 saturated heterocycles. The Morgan fingerprint density at radius 3 is 3.00 bits per heavy atom. The highest BCUT2D eigenvalue weighted by molar-refractivity contribution is 8.00. The Labute approximate surface area is 145 Å². The maximum Gasteiger partial charge on any atom is 0.232 e. The van der Waals surface area contributed by atoms with E-state index in [1.807, 2.05) is 11.9 Å². The molecule has 2 aromatic rings. The summed E-state index contributed by atoms with van der Waals surface area (Å²) in [6, 6.07) is 0. The van der Waals surface area contributed by atoms with Crippen LogP contribution in [0.25, 0.3) is 10.2 Å². The molecule has 1 aliphatic carbocycles. The number of nitrogens with zero attached hydrogens (tertiary/aromatic N) is 3. The van der Waals surface area contributed by atoms with Gasteiger partial charge in [-0.05, 0) is 37.7 Å². The van der Waals surface area contributed by atoms with Gasteiger partial charge in [0, 0.05) is 23.9 Å². The van der Waals surface area contributed by atoms with Crippen molar-refractivity contribution < 1.29 is 4.79 Å². The quantitative estimate of drug-likeness (QED) is 0.586. The van der Waals surface area contributed by atoms with E-state index in [1.54, 1.807) is 29.4 Å². The van der Waals surface area contributed by atoms with Gasteiger partial charge >= 0.3 is 0 Å². The van der Waals surface area contributed by atoms with Crippen LogP contribution in [0.2, 0.25) is 0 Å². The van der Waals surface area contributed by atoms with E-state index in [9.17, 15) is 4.79 Å². The zero-order valence-corrected chi connectivity index (χ0v) is 15.4. The Bertz CT molecular complexity index is 698. The second-order valence-electron chi connectivity index (χ2n) is 6.03. The predicted octanol–water partition coefficient (Wildman–Crippen LogP) is 3.92. The van der Waals surface area contributed by atoms with Crippen molar-refractivity contribution >= 4 is 39.2 Å². The highest BCUT2D eigenvalue weighted by Gasteiger charge is 2.20. The summed E-state index contributed by atoms with van der Waals surface area (Å²) in [4.78, 5) is 25.6. The summed E-state index contributed by atoms with van der Waals surface area (Å²) in [7, 11) is 1.89. The number of thioether (sulfide) groups is 1. The summed E-state index contributed by atoms with van der Waals surface area (Å²) in [5, 5.41) is 2.19. The van der Waals surface area contributed by atoms with Gasteiger partial charge in [-0.25, -0.2) is 9.97 Å². The molecule has 4 nitrogen and oxygen atoms in total. The number of hydrogen-bond donors (Lipinski definition) is 0. The molecule has 2 aromatic heterocycles. The highest BCUT2D eigenvalue weighted by Crippen LogP contribution is 2.39. The molecule has 3 rings (SSSR count). The van der Waals surface area contributed by atoms with E-state index < -0.39 is 0 Å². The number of aromatic nitrogens is 2. The normalized spacial score (nSPS) is 14.0. The molecule has 124 valence electrons. The molecule has 0 bridgehead atoms. The van der Waals surface area contributed by atoms with Crippen molar-refractivity contribution in [2.24, 2.45) is 0 Å². The molecule has 1 aliphatic rings. The van der Waals surface area contributed by atoms with Gasteiger partial charge in [0.05, 0.1) is 5.75 Å². The molecule has 0 aliphatic heterocycles. The lowest BCUT2D eigenvalue weighted by Gasteiger charge is -2.16. The van der Waals surface area contributed by atoms with Gasteiger partial charge in [0.1, 0.15) is 16.2 Å². The van der Waals surface area contributed by atoms with E-state index in [0.717, 1.165) is 35.7 Å². The number of rotatable bonds is 6. The minimum absolute atomic E-state index is 0.180. The van der Waals surface area contributed by atoms with Crippen molar-refractivity contribution in [3.05, 3.63) is 16.8 Å². The second kappa shape index (κ2) is 7.62. The highest BCUT2D eigenvalue weighted by atomic mass is 32.2. The van der Waals surface area contributed by atoms with Crippen molar-refractivity contribution in [1.82, 2.24) is 14.9 Å². The summed E-state index contributed by atoms with van der Waals surface area (Å²) in [5.74, 6) is 0.635. The third-order valence-corrected chi connectivity index (χ3v) is 6.50. The van der Waals surface area contributed by atoms with Crippen LogP contribution in [-0.2, 0) is 17.6 Å². The molecule has 0 atom stereocenters. The zero-order chi connectivity index (χ0) is 16.2. The van der Waals surface area contributed by atoms with E-state index >= 15 is 0 Å². The van der Waals surface area contributed by atoms with E-state index in [4.69, 9.17) is 0 Å². The standard InChI is InChI=1S/C17H23N3OS2/c1-3-4-9-20(2)14(21)10-22-16-15-12-7-5-6-8-13(12)23-17(15)19-11-18-16/h11H,3-10H2,1-2H3. The zero-order valence-electron chi connectivity index (χ0n) is 13.8. The number of amides is 1. The molecular formula is C17H23N3OS2. The Hall–Kier alpha value is -1.14. The van der Waals surface area contributed by atoms with E-state index in [-0.39, 0.29) is 5.91 Å². The van der Waals surface area contributed by atoms with Gasteiger partial charge in [-0.1, -0.05) is 25.1 Å². The first kappa shape index (κ1) is 16.7. The lowest BCUT2D eigenvalue weighted by Crippen LogP contribution is -2.29. The summed E-state index contributed by atoms with van der Waals surface area (Å²) < 4.78 is 0. The second-order valence-corrected chi connectivity index (χ2v) is 8.08. The van der Waals surface area contributed by atoms with Crippen molar-refractivity contribution in [2.45, 2.75) is 50.5 Å². The summed E-state index contributed by atoms with van der Waals surface area (Å²) in [5.41, 5.74) is 1.44. The molecule has 1 amide bonds. The van der Waals surface area contributed by atoms with Crippen LogP contribution in [0.1, 0.15) is 43.0 Å². The van der Waals surface area contributed by atoms with Crippen LogP contribution >= 0.6 is 23.1 Å². The maximum absolute atomic E-state index is 12.2. The van der Waals surface area contributed by atoms with Crippen LogP contribution in [-0.4, -0.2) is 40.1 Å². The van der Waals surface area contributed by atoms with Crippen LogP contribution in [0.3, 0.4) is 0 Å². The van der Waals surface area contributed by atoms with Gasteiger partial charge in [-0.3, -0.25) is 4.79 Å². The van der Waals surface area contributed by atoms with Crippen LogP contribution in [0, 0.1) is 0 Å². The van der Waals surface area contributed by atoms with Crippen LogP contribution in [0.5, 0.6) is 0 Å². The lowest BCUT2D eigenvalue weighted by molar-refractivity contribution is -0.127. The molecule has 0 saturated carbocycles. The topological polar surface area (TPSA) is 46.1 Å². The molecule has 0 fully saturated rings. The molecule has 2 heterocycles. The molecule has 6 heteroatoms. The lowest BCUT2D eigenvalue weighted by atomic mass is 9.97. The Balaban J connectivity index is 1.75. The minimum atomic E-state index is 0.180. The molecule has 0 unspecified atom stereocenters. The SMILES string of the molecule is CCCCN(C)C(=O)CSc1ncnc2sc3c(c12)CCCC3. The fourth-order valence-electron chi connectivity index (χ4n) is 2.93. The maximum atomic E-state index is 12.2. The average molecular weight is 350 g/mol. The monoisotopic (exact) mass is 349 g/mol. The first-order chi connectivity index (χ1) is 11.2. The van der Waals surface area contributed by atoms with Crippen molar-refractivity contribution in [3.8, 4) is 0 Å². The van der Waals surface area contributed by atoms with Crippen LogP contribution in [0.4, 0.5) is 0 Å². The third kappa shape index (κ3) is 3.69. The van der Waals surface area contributed by atoms with E-state index in [0.29, 0.717) is 5.75 Å². The molecule has 0 radical (unpaired) electrons. The number of thiophene rings is 1. The number of aryl methyl sites for hydroxylation is 2. The number of hydrogen-bond acceptors (Lipinski definition) is 5. The van der Waals surface area contributed by atoms with Gasteiger partial charge in [0.2, 0.25) is 5.91 Å². The fourth-order valence-corrected chi connectivity index (χ4v) is 5.19. The molecule has 0 spiro atoms. The van der Waals surface area contributed by atoms with Crippen LogP contribution < -0.4 is 0 Å². The van der Waals surface area contributed by atoms with Gasteiger partial charge in [0.15, 0.2) is 0 Å². The number of fused-ring (bicyclic) bond motifs is 3. The average Bonchev–Trinajstić information content (AvgIpc) is 2.96. The third-order valence-electron chi connectivity index (χ3n) is 4.32. The van der Waals surface area contributed by atoms with E-state index in [1.165, 1.54) is 35.1 Å². The summed E-state index contributed by atoms with van der Waals surface area (Å²) >= 11 is 3.37. The largest absolute Gasteiger partial charge is 0.345 e. The van der Waals surface area contributed by atoms with Gasteiger partial charge < -0.3 is 4.90 Å². The first-order valence-electron chi connectivity index (χ1n) is 8.32. The summed E-state index contributed by atoms with van der Waals surface area (Å²) in [6.07, 6.45) is 8.62. The first-order valence-corrected chi connectivity index (χ1v) is 10.1.